The molecule has 0 saturated heterocycles. The molecular formula is C14H30N4O3. The van der Waals surface area contributed by atoms with Crippen LogP contribution in [0.2, 0.25) is 0 Å². The van der Waals surface area contributed by atoms with Crippen molar-refractivity contribution in [3.05, 3.63) is 0 Å². The predicted octanol–water partition coefficient (Wildman–Crippen LogP) is 1.10. The Morgan fingerprint density at radius 2 is 1.76 bits per heavy atom. The maximum absolute atomic E-state index is 11.4. The summed E-state index contributed by atoms with van der Waals surface area (Å²) in [5.41, 5.74) is -0.479. The summed E-state index contributed by atoms with van der Waals surface area (Å²) in [6, 6.07) is 0. The van der Waals surface area contributed by atoms with Crippen molar-refractivity contribution >= 4 is 12.1 Å². The van der Waals surface area contributed by atoms with Crippen LogP contribution >= 0.6 is 0 Å². The lowest BCUT2D eigenvalue weighted by molar-refractivity contribution is 0.0529. The molecule has 0 bridgehead atoms. The molecular weight excluding hydrogens is 272 g/mol. The number of guanidine groups is 1. The third kappa shape index (κ3) is 13.2. The van der Waals surface area contributed by atoms with Gasteiger partial charge in [-0.3, -0.25) is 4.99 Å². The van der Waals surface area contributed by atoms with Gasteiger partial charge in [-0.15, -0.1) is 0 Å². The molecule has 1 amide bonds. The number of hydrogen-bond donors (Lipinski definition) is 3. The average Bonchev–Trinajstić information content (AvgIpc) is 2.37. The molecule has 0 rings (SSSR count). The van der Waals surface area contributed by atoms with Gasteiger partial charge in [0, 0.05) is 26.2 Å². The molecule has 0 heterocycles. The van der Waals surface area contributed by atoms with E-state index in [1.165, 1.54) is 0 Å². The second kappa shape index (κ2) is 11.2. The summed E-state index contributed by atoms with van der Waals surface area (Å²) < 4.78 is 10.4. The van der Waals surface area contributed by atoms with E-state index >= 15 is 0 Å². The molecule has 0 aromatic heterocycles. The Hall–Kier alpha value is -1.50. The van der Waals surface area contributed by atoms with Crippen LogP contribution in [-0.4, -0.2) is 57.0 Å². The first-order valence-corrected chi connectivity index (χ1v) is 7.45. The van der Waals surface area contributed by atoms with E-state index < -0.39 is 11.7 Å². The Balaban J connectivity index is 3.90. The van der Waals surface area contributed by atoms with Gasteiger partial charge in [0.05, 0.1) is 13.2 Å². The van der Waals surface area contributed by atoms with Gasteiger partial charge in [-0.1, -0.05) is 0 Å². The Kier molecular flexibility index (Phi) is 10.4. The van der Waals surface area contributed by atoms with Crippen molar-refractivity contribution in [1.82, 2.24) is 16.0 Å². The largest absolute Gasteiger partial charge is 0.444 e. The fourth-order valence-corrected chi connectivity index (χ4v) is 1.37. The average molecular weight is 302 g/mol. The van der Waals surface area contributed by atoms with E-state index in [0.29, 0.717) is 38.8 Å². The van der Waals surface area contributed by atoms with Crippen molar-refractivity contribution in [2.75, 3.05) is 39.4 Å². The number of alkyl carbamates (subject to hydrolysis) is 1. The van der Waals surface area contributed by atoms with Crippen LogP contribution in [0.25, 0.3) is 0 Å². The molecule has 3 N–H and O–H groups in total. The molecule has 0 aliphatic heterocycles. The zero-order valence-electron chi connectivity index (χ0n) is 13.9. The maximum atomic E-state index is 11.4. The van der Waals surface area contributed by atoms with Crippen LogP contribution in [-0.2, 0) is 9.47 Å². The Labute approximate surface area is 127 Å². The standard InChI is InChI=1S/C14H30N4O3/c1-6-15-12(17-10-11-20-7-2)16-8-9-18-13(19)21-14(3,4)5/h6-11H2,1-5H3,(H,18,19)(H2,15,16,17). The van der Waals surface area contributed by atoms with Crippen LogP contribution in [0, 0.1) is 0 Å². The third-order valence-corrected chi connectivity index (χ3v) is 2.14. The van der Waals surface area contributed by atoms with Crippen LogP contribution in [0.3, 0.4) is 0 Å². The molecule has 0 radical (unpaired) electrons. The topological polar surface area (TPSA) is 84.0 Å². The van der Waals surface area contributed by atoms with E-state index in [-0.39, 0.29) is 0 Å². The lowest BCUT2D eigenvalue weighted by Crippen LogP contribution is -2.42. The summed E-state index contributed by atoms with van der Waals surface area (Å²) in [7, 11) is 0. The molecule has 7 heteroatoms. The van der Waals surface area contributed by atoms with Crippen molar-refractivity contribution in [1.29, 1.82) is 0 Å². The van der Waals surface area contributed by atoms with E-state index in [2.05, 4.69) is 20.9 Å². The van der Waals surface area contributed by atoms with Gasteiger partial charge in [-0.25, -0.2) is 4.79 Å². The van der Waals surface area contributed by atoms with E-state index in [0.717, 1.165) is 6.54 Å². The van der Waals surface area contributed by atoms with E-state index in [1.54, 1.807) is 0 Å². The number of carbonyl (C=O) groups excluding carboxylic acids is 1. The number of nitrogens with zero attached hydrogens (tertiary/aromatic N) is 1. The number of ether oxygens (including phenoxy) is 2. The Morgan fingerprint density at radius 1 is 1.10 bits per heavy atom. The third-order valence-electron chi connectivity index (χ3n) is 2.14. The van der Waals surface area contributed by atoms with Crippen molar-refractivity contribution in [2.24, 2.45) is 4.99 Å². The van der Waals surface area contributed by atoms with Gasteiger partial charge < -0.3 is 25.4 Å². The van der Waals surface area contributed by atoms with E-state index in [9.17, 15) is 4.79 Å². The number of carbonyl (C=O) groups is 1. The minimum atomic E-state index is -0.479. The highest BCUT2D eigenvalue weighted by Gasteiger charge is 2.15. The molecule has 0 aliphatic carbocycles. The van der Waals surface area contributed by atoms with Gasteiger partial charge in [-0.05, 0) is 34.6 Å². The second-order valence-electron chi connectivity index (χ2n) is 5.31. The summed E-state index contributed by atoms with van der Waals surface area (Å²) in [5.74, 6) is 0.711. The highest BCUT2D eigenvalue weighted by Crippen LogP contribution is 2.05. The first-order chi connectivity index (χ1) is 9.89. The van der Waals surface area contributed by atoms with Gasteiger partial charge in [0.2, 0.25) is 0 Å². The summed E-state index contributed by atoms with van der Waals surface area (Å²) in [5, 5.41) is 8.94. The van der Waals surface area contributed by atoms with Gasteiger partial charge >= 0.3 is 6.09 Å². The van der Waals surface area contributed by atoms with Crippen LogP contribution in [0.1, 0.15) is 34.6 Å². The van der Waals surface area contributed by atoms with Crippen molar-refractivity contribution in [3.63, 3.8) is 0 Å². The summed E-state index contributed by atoms with van der Waals surface area (Å²) >= 11 is 0. The summed E-state index contributed by atoms with van der Waals surface area (Å²) in [4.78, 5) is 15.8. The predicted molar refractivity (Wildman–Crippen MR) is 84.7 cm³/mol. The molecule has 0 aliphatic rings. The molecule has 0 aromatic rings. The molecule has 7 nitrogen and oxygen atoms in total. The highest BCUT2D eigenvalue weighted by molar-refractivity contribution is 5.79. The molecule has 0 saturated carbocycles. The van der Waals surface area contributed by atoms with Crippen molar-refractivity contribution in [2.45, 2.75) is 40.2 Å². The smallest absolute Gasteiger partial charge is 0.407 e. The van der Waals surface area contributed by atoms with Crippen LogP contribution in [0.5, 0.6) is 0 Å². The molecule has 0 aromatic carbocycles. The number of rotatable bonds is 8. The number of amides is 1. The molecule has 0 atom stereocenters. The lowest BCUT2D eigenvalue weighted by atomic mass is 10.2. The molecule has 21 heavy (non-hydrogen) atoms. The first kappa shape index (κ1) is 19.5. The Morgan fingerprint density at radius 3 is 2.33 bits per heavy atom. The zero-order valence-corrected chi connectivity index (χ0v) is 13.9. The minimum Gasteiger partial charge on any atom is -0.444 e. The van der Waals surface area contributed by atoms with Gasteiger partial charge in [0.1, 0.15) is 5.60 Å². The van der Waals surface area contributed by atoms with Crippen LogP contribution < -0.4 is 16.0 Å². The number of hydrogen-bond acceptors (Lipinski definition) is 4. The van der Waals surface area contributed by atoms with E-state index in [4.69, 9.17) is 9.47 Å². The fraction of sp³-hybridized carbons (Fsp3) is 0.857. The fourth-order valence-electron chi connectivity index (χ4n) is 1.37. The summed E-state index contributed by atoms with van der Waals surface area (Å²) in [6.45, 7) is 13.2. The summed E-state index contributed by atoms with van der Waals surface area (Å²) in [6.07, 6.45) is -0.414. The minimum absolute atomic E-state index is 0.414. The molecule has 0 unspecified atom stereocenters. The van der Waals surface area contributed by atoms with Gasteiger partial charge in [0.15, 0.2) is 5.96 Å². The van der Waals surface area contributed by atoms with Gasteiger partial charge in [0.25, 0.3) is 0 Å². The maximum Gasteiger partial charge on any atom is 0.407 e. The number of aliphatic imine (C=N–C) groups is 1. The van der Waals surface area contributed by atoms with Crippen molar-refractivity contribution in [3.8, 4) is 0 Å². The van der Waals surface area contributed by atoms with Gasteiger partial charge in [-0.2, -0.15) is 0 Å². The quantitative estimate of drug-likeness (QED) is 0.355. The van der Waals surface area contributed by atoms with Crippen LogP contribution in [0.4, 0.5) is 4.79 Å². The lowest BCUT2D eigenvalue weighted by Gasteiger charge is -2.19. The molecule has 124 valence electrons. The number of nitrogens with one attached hydrogen (secondary N) is 3. The highest BCUT2D eigenvalue weighted by atomic mass is 16.6. The van der Waals surface area contributed by atoms with Crippen LogP contribution in [0.15, 0.2) is 4.99 Å². The normalized spacial score (nSPS) is 12.0. The molecule has 0 fully saturated rings. The molecule has 0 spiro atoms. The SMILES string of the molecule is CCNC(=NCCOCC)NCCNC(=O)OC(C)(C)C. The zero-order chi connectivity index (χ0) is 16.1. The first-order valence-electron chi connectivity index (χ1n) is 7.45. The van der Waals surface area contributed by atoms with E-state index in [1.807, 2.05) is 34.6 Å². The van der Waals surface area contributed by atoms with Crippen molar-refractivity contribution < 1.29 is 14.3 Å². The second-order valence-corrected chi connectivity index (χ2v) is 5.31. The monoisotopic (exact) mass is 302 g/mol. The Bertz CT molecular complexity index is 314.